The molecule has 0 aliphatic rings. The van der Waals surface area contributed by atoms with E-state index in [1.807, 2.05) is 29.2 Å². The van der Waals surface area contributed by atoms with Crippen LogP contribution < -0.4 is 5.32 Å². The van der Waals surface area contributed by atoms with Crippen LogP contribution in [0.15, 0.2) is 24.3 Å². The SMILES string of the molecule is CCc1ccc(NC(=O)C(C)N(CCOC)CC(=O)N(C)C)cc1. The fraction of sp³-hybridized carbons (Fsp3) is 0.556. The van der Waals surface area contributed by atoms with Crippen LogP contribution in [0.25, 0.3) is 0 Å². The molecule has 0 bridgehead atoms. The molecule has 1 atom stereocenters. The molecule has 0 saturated heterocycles. The molecule has 0 fully saturated rings. The number of hydrogen-bond acceptors (Lipinski definition) is 4. The van der Waals surface area contributed by atoms with E-state index in [-0.39, 0.29) is 18.4 Å². The minimum atomic E-state index is -0.435. The van der Waals surface area contributed by atoms with Crippen LogP contribution in [0.1, 0.15) is 19.4 Å². The average molecular weight is 335 g/mol. The topological polar surface area (TPSA) is 61.9 Å². The highest BCUT2D eigenvalue weighted by atomic mass is 16.5. The lowest BCUT2D eigenvalue weighted by atomic mass is 10.1. The predicted octanol–water partition coefficient (Wildman–Crippen LogP) is 1.61. The number of anilines is 1. The molecule has 1 unspecified atom stereocenters. The smallest absolute Gasteiger partial charge is 0.241 e. The van der Waals surface area contributed by atoms with Gasteiger partial charge in [-0.15, -0.1) is 0 Å². The second-order valence-electron chi connectivity index (χ2n) is 5.97. The molecule has 0 radical (unpaired) electrons. The van der Waals surface area contributed by atoms with E-state index in [2.05, 4.69) is 12.2 Å². The number of nitrogens with zero attached hydrogens (tertiary/aromatic N) is 2. The fourth-order valence-corrected chi connectivity index (χ4v) is 2.17. The number of carbonyl (C=O) groups excluding carboxylic acids is 2. The molecule has 134 valence electrons. The maximum atomic E-state index is 12.5. The van der Waals surface area contributed by atoms with Crippen molar-refractivity contribution in [1.82, 2.24) is 9.80 Å². The zero-order chi connectivity index (χ0) is 18.1. The Balaban J connectivity index is 2.73. The molecule has 0 saturated carbocycles. The summed E-state index contributed by atoms with van der Waals surface area (Å²) in [5.41, 5.74) is 1.98. The minimum absolute atomic E-state index is 0.0435. The summed E-state index contributed by atoms with van der Waals surface area (Å²) in [6, 6.07) is 7.36. The van der Waals surface area contributed by atoms with Crippen LogP contribution in [0, 0.1) is 0 Å². The van der Waals surface area contributed by atoms with Gasteiger partial charge in [0.15, 0.2) is 0 Å². The first kappa shape index (κ1) is 20.1. The van der Waals surface area contributed by atoms with Crippen LogP contribution in [0.3, 0.4) is 0 Å². The summed E-state index contributed by atoms with van der Waals surface area (Å²) in [5.74, 6) is -0.181. The van der Waals surface area contributed by atoms with Crippen LogP contribution in [0.5, 0.6) is 0 Å². The molecule has 6 heteroatoms. The molecule has 1 rings (SSSR count). The van der Waals surface area contributed by atoms with E-state index >= 15 is 0 Å². The number of amides is 2. The number of carbonyl (C=O) groups is 2. The maximum Gasteiger partial charge on any atom is 0.241 e. The summed E-state index contributed by atoms with van der Waals surface area (Å²) in [6.45, 7) is 5.04. The second kappa shape index (κ2) is 10.1. The standard InChI is InChI=1S/C18H29N3O3/c1-6-15-7-9-16(10-8-15)19-18(23)14(2)21(11-12-24-5)13-17(22)20(3)4/h7-10,14H,6,11-13H2,1-5H3,(H,19,23). The van der Waals surface area contributed by atoms with Crippen molar-refractivity contribution in [1.29, 1.82) is 0 Å². The first-order chi connectivity index (χ1) is 11.4. The van der Waals surface area contributed by atoms with E-state index in [0.717, 1.165) is 12.1 Å². The van der Waals surface area contributed by atoms with Crippen LogP contribution in [0.2, 0.25) is 0 Å². The van der Waals surface area contributed by atoms with Gasteiger partial charge in [0.05, 0.1) is 19.2 Å². The van der Waals surface area contributed by atoms with Crippen LogP contribution in [0.4, 0.5) is 5.69 Å². The number of benzene rings is 1. The highest BCUT2D eigenvalue weighted by Crippen LogP contribution is 2.11. The van der Waals surface area contributed by atoms with Crippen LogP contribution >= 0.6 is 0 Å². The van der Waals surface area contributed by atoms with Gasteiger partial charge in [0, 0.05) is 33.4 Å². The van der Waals surface area contributed by atoms with Gasteiger partial charge >= 0.3 is 0 Å². The van der Waals surface area contributed by atoms with E-state index in [1.54, 1.807) is 28.1 Å². The largest absolute Gasteiger partial charge is 0.383 e. The molecule has 0 aliphatic carbocycles. The zero-order valence-electron chi connectivity index (χ0n) is 15.3. The van der Waals surface area contributed by atoms with E-state index in [4.69, 9.17) is 4.74 Å². The summed E-state index contributed by atoms with van der Waals surface area (Å²) < 4.78 is 5.09. The van der Waals surface area contributed by atoms with Crippen molar-refractivity contribution in [3.05, 3.63) is 29.8 Å². The third-order valence-corrected chi connectivity index (χ3v) is 3.98. The molecule has 6 nitrogen and oxygen atoms in total. The summed E-state index contributed by atoms with van der Waals surface area (Å²) in [5, 5.41) is 2.91. The summed E-state index contributed by atoms with van der Waals surface area (Å²) in [4.78, 5) is 27.8. The number of rotatable bonds is 9. The molecule has 1 N–H and O–H groups in total. The molecule has 1 aromatic rings. The van der Waals surface area contributed by atoms with E-state index < -0.39 is 6.04 Å². The van der Waals surface area contributed by atoms with Gasteiger partial charge in [-0.3, -0.25) is 14.5 Å². The van der Waals surface area contributed by atoms with Crippen molar-refractivity contribution in [2.75, 3.05) is 46.2 Å². The van der Waals surface area contributed by atoms with Crippen molar-refractivity contribution in [3.63, 3.8) is 0 Å². The van der Waals surface area contributed by atoms with Crippen LogP contribution in [-0.4, -0.2) is 68.6 Å². The Morgan fingerprint density at radius 3 is 2.33 bits per heavy atom. The Kier molecular flexibility index (Phi) is 8.43. The predicted molar refractivity (Wildman–Crippen MR) is 96.1 cm³/mol. The van der Waals surface area contributed by atoms with Crippen LogP contribution in [-0.2, 0) is 20.7 Å². The Morgan fingerprint density at radius 2 is 1.83 bits per heavy atom. The van der Waals surface area contributed by atoms with E-state index in [9.17, 15) is 9.59 Å². The van der Waals surface area contributed by atoms with Gasteiger partial charge in [0.1, 0.15) is 0 Å². The van der Waals surface area contributed by atoms with E-state index in [1.165, 1.54) is 10.5 Å². The second-order valence-corrected chi connectivity index (χ2v) is 5.97. The lowest BCUT2D eigenvalue weighted by molar-refractivity contribution is -0.131. The molecular formula is C18H29N3O3. The minimum Gasteiger partial charge on any atom is -0.383 e. The van der Waals surface area contributed by atoms with Crippen molar-refractivity contribution in [2.45, 2.75) is 26.3 Å². The lowest BCUT2D eigenvalue weighted by Crippen LogP contribution is -2.48. The molecule has 0 aromatic heterocycles. The molecule has 1 aromatic carbocycles. The third-order valence-electron chi connectivity index (χ3n) is 3.98. The van der Waals surface area contributed by atoms with Gasteiger partial charge < -0.3 is 15.0 Å². The van der Waals surface area contributed by atoms with Gasteiger partial charge in [-0.2, -0.15) is 0 Å². The summed E-state index contributed by atoms with van der Waals surface area (Å²) in [7, 11) is 5.01. The number of ether oxygens (including phenoxy) is 1. The molecule has 0 spiro atoms. The van der Waals surface area contributed by atoms with Gasteiger partial charge in [0.25, 0.3) is 0 Å². The molecule has 0 aliphatic heterocycles. The van der Waals surface area contributed by atoms with Crippen molar-refractivity contribution in [2.24, 2.45) is 0 Å². The number of hydrogen-bond donors (Lipinski definition) is 1. The summed E-state index contributed by atoms with van der Waals surface area (Å²) in [6.07, 6.45) is 0.960. The first-order valence-electron chi connectivity index (χ1n) is 8.22. The Labute approximate surface area is 144 Å². The molecule has 24 heavy (non-hydrogen) atoms. The zero-order valence-corrected chi connectivity index (χ0v) is 15.3. The van der Waals surface area contributed by atoms with Gasteiger partial charge in [0.2, 0.25) is 11.8 Å². The van der Waals surface area contributed by atoms with Crippen molar-refractivity contribution >= 4 is 17.5 Å². The molecule has 0 heterocycles. The highest BCUT2D eigenvalue weighted by molar-refractivity contribution is 5.95. The Morgan fingerprint density at radius 1 is 1.21 bits per heavy atom. The van der Waals surface area contributed by atoms with E-state index in [0.29, 0.717) is 13.2 Å². The van der Waals surface area contributed by atoms with Gasteiger partial charge in [-0.25, -0.2) is 0 Å². The quantitative estimate of drug-likeness (QED) is 0.745. The Bertz CT molecular complexity index is 529. The number of nitrogens with one attached hydrogen (secondary N) is 1. The number of aryl methyl sites for hydroxylation is 1. The average Bonchev–Trinajstić information content (AvgIpc) is 2.58. The maximum absolute atomic E-state index is 12.5. The first-order valence-corrected chi connectivity index (χ1v) is 8.22. The fourth-order valence-electron chi connectivity index (χ4n) is 2.17. The normalized spacial score (nSPS) is 12.1. The van der Waals surface area contributed by atoms with Crippen molar-refractivity contribution in [3.8, 4) is 0 Å². The highest BCUT2D eigenvalue weighted by Gasteiger charge is 2.24. The molecular weight excluding hydrogens is 306 g/mol. The Hall–Kier alpha value is -1.92. The number of likely N-dealkylation sites (N-methyl/N-ethyl adjacent to an activating group) is 1. The molecule has 2 amide bonds. The summed E-state index contributed by atoms with van der Waals surface area (Å²) >= 11 is 0. The third kappa shape index (κ3) is 6.29. The monoisotopic (exact) mass is 335 g/mol. The lowest BCUT2D eigenvalue weighted by Gasteiger charge is -2.28. The van der Waals surface area contributed by atoms with Gasteiger partial charge in [-0.05, 0) is 31.0 Å². The van der Waals surface area contributed by atoms with Gasteiger partial charge in [-0.1, -0.05) is 19.1 Å². The number of methoxy groups -OCH3 is 1. The van der Waals surface area contributed by atoms with Crippen molar-refractivity contribution < 1.29 is 14.3 Å².